The molecule has 3 aromatic rings. The molecule has 4 rings (SSSR count). The molecule has 6 heteroatoms. The van der Waals surface area contributed by atoms with Crippen LogP contribution in [0, 0.1) is 5.82 Å². The fourth-order valence-corrected chi connectivity index (χ4v) is 7.52. The monoisotopic (exact) mass is 551 g/mol. The molecule has 39 heavy (non-hydrogen) atoms. The minimum absolute atomic E-state index is 0.164. The molecular formula is C33H43FNO3P. The summed E-state index contributed by atoms with van der Waals surface area (Å²) in [4.78, 5) is 2.47. The van der Waals surface area contributed by atoms with Gasteiger partial charge in [0.05, 0.1) is 14.2 Å². The van der Waals surface area contributed by atoms with Gasteiger partial charge in [-0.25, -0.2) is 4.39 Å². The first-order valence-electron chi connectivity index (χ1n) is 14.2. The van der Waals surface area contributed by atoms with Gasteiger partial charge in [-0.15, -0.1) is 0 Å². The first-order chi connectivity index (χ1) is 19.0. The highest BCUT2D eigenvalue weighted by Gasteiger charge is 2.36. The maximum Gasteiger partial charge on any atom is 0.166 e. The van der Waals surface area contributed by atoms with Crippen LogP contribution in [-0.4, -0.2) is 32.2 Å². The first kappa shape index (κ1) is 29.4. The number of benzene rings is 3. The molecule has 0 saturated carbocycles. The Labute approximate surface area is 235 Å². The third-order valence-electron chi connectivity index (χ3n) is 7.79. The number of ether oxygens (including phenoxy) is 3. The Kier molecular flexibility index (Phi) is 10.6. The fraction of sp³-hybridized carbons (Fsp3) is 0.455. The second-order valence-electron chi connectivity index (χ2n) is 10.4. The van der Waals surface area contributed by atoms with Gasteiger partial charge in [-0.05, 0) is 73.4 Å². The number of hydrogen-bond donors (Lipinski definition) is 0. The zero-order chi connectivity index (χ0) is 27.7. The number of hydrogen-bond acceptors (Lipinski definition) is 4. The van der Waals surface area contributed by atoms with Crippen LogP contribution in [0.5, 0.6) is 17.2 Å². The molecule has 0 amide bonds. The Balaban J connectivity index is 1.78. The van der Waals surface area contributed by atoms with Gasteiger partial charge in [0.1, 0.15) is 18.2 Å². The van der Waals surface area contributed by atoms with Crippen molar-refractivity contribution in [2.75, 3.05) is 27.3 Å². The van der Waals surface area contributed by atoms with Gasteiger partial charge < -0.3 is 14.2 Å². The lowest BCUT2D eigenvalue weighted by Crippen LogP contribution is -2.31. The van der Waals surface area contributed by atoms with E-state index >= 15 is 0 Å². The predicted molar refractivity (Wildman–Crippen MR) is 161 cm³/mol. The lowest BCUT2D eigenvalue weighted by Gasteiger charge is -2.37. The van der Waals surface area contributed by atoms with Gasteiger partial charge >= 0.3 is 0 Å². The summed E-state index contributed by atoms with van der Waals surface area (Å²) in [6.07, 6.45) is 6.62. The molecule has 3 aromatic carbocycles. The molecular weight excluding hydrogens is 508 g/mol. The van der Waals surface area contributed by atoms with Crippen LogP contribution in [0.1, 0.15) is 69.1 Å². The summed E-state index contributed by atoms with van der Waals surface area (Å²) in [5.74, 6) is 2.03. The average Bonchev–Trinajstić information content (AvgIpc) is 2.97. The standard InChI is InChI=1S/C33H43FNO3P/c1-5-17-33(6-2,39-31-16-15-27(34)20-26(31)23-35-18-11-8-12-19-35)29-21-28(36-3)22-30(37-4)32(29)38-24-25-13-9-7-10-14-25/h7,9-10,13-16,20-22,39H,5-6,8,11-12,17-19,23-24H2,1-4H3. The number of nitrogens with zero attached hydrogens (tertiary/aromatic N) is 1. The number of likely N-dealkylation sites (tertiary alicyclic amines) is 1. The zero-order valence-corrected chi connectivity index (χ0v) is 24.9. The topological polar surface area (TPSA) is 30.9 Å². The largest absolute Gasteiger partial charge is 0.497 e. The molecule has 0 aliphatic carbocycles. The number of piperidine rings is 1. The molecule has 210 valence electrons. The summed E-state index contributed by atoms with van der Waals surface area (Å²) < 4.78 is 32.7. The van der Waals surface area contributed by atoms with E-state index in [2.05, 4.69) is 36.9 Å². The summed E-state index contributed by atoms with van der Waals surface area (Å²) in [6.45, 7) is 7.89. The highest BCUT2D eigenvalue weighted by Crippen LogP contribution is 2.54. The van der Waals surface area contributed by atoms with Gasteiger partial charge in [0, 0.05) is 23.3 Å². The molecule has 1 fully saturated rings. The lowest BCUT2D eigenvalue weighted by molar-refractivity contribution is 0.221. The quantitative estimate of drug-likeness (QED) is 0.203. The molecule has 2 unspecified atom stereocenters. The third kappa shape index (κ3) is 7.32. The summed E-state index contributed by atoms with van der Waals surface area (Å²) in [7, 11) is 3.82. The third-order valence-corrected chi connectivity index (χ3v) is 9.90. The van der Waals surface area contributed by atoms with Crippen LogP contribution in [0.25, 0.3) is 0 Å². The van der Waals surface area contributed by atoms with Gasteiger partial charge in [0.2, 0.25) is 0 Å². The van der Waals surface area contributed by atoms with E-state index in [1.165, 1.54) is 24.6 Å². The number of methoxy groups -OCH3 is 2. The molecule has 0 spiro atoms. The Bertz CT molecular complexity index is 1200. The van der Waals surface area contributed by atoms with Gasteiger partial charge in [0.15, 0.2) is 11.5 Å². The summed E-state index contributed by atoms with van der Waals surface area (Å²) >= 11 is 0. The Morgan fingerprint density at radius 3 is 2.36 bits per heavy atom. The van der Waals surface area contributed by atoms with Gasteiger partial charge in [-0.3, -0.25) is 4.90 Å². The van der Waals surface area contributed by atoms with E-state index in [1.807, 2.05) is 30.3 Å². The maximum absolute atomic E-state index is 14.5. The fourth-order valence-electron chi connectivity index (χ4n) is 5.66. The highest BCUT2D eigenvalue weighted by molar-refractivity contribution is 7.48. The highest BCUT2D eigenvalue weighted by atomic mass is 31.1. The maximum atomic E-state index is 14.5. The van der Waals surface area contributed by atoms with E-state index in [9.17, 15) is 4.39 Å². The molecule has 1 aliphatic rings. The number of rotatable bonds is 13. The zero-order valence-electron chi connectivity index (χ0n) is 23.9. The van der Waals surface area contributed by atoms with Crippen molar-refractivity contribution in [2.24, 2.45) is 0 Å². The van der Waals surface area contributed by atoms with Crippen LogP contribution in [0.3, 0.4) is 0 Å². The molecule has 1 heterocycles. The van der Waals surface area contributed by atoms with Crippen LogP contribution in [0.4, 0.5) is 4.39 Å². The van der Waals surface area contributed by atoms with Gasteiger partial charge in [-0.2, -0.15) is 0 Å². The van der Waals surface area contributed by atoms with E-state index in [1.54, 1.807) is 26.4 Å². The summed E-state index contributed by atoms with van der Waals surface area (Å²) in [5.41, 5.74) is 3.31. The average molecular weight is 552 g/mol. The predicted octanol–water partition coefficient (Wildman–Crippen LogP) is 7.82. The van der Waals surface area contributed by atoms with Crippen molar-refractivity contribution in [3.05, 3.63) is 83.2 Å². The Morgan fingerprint density at radius 1 is 0.923 bits per heavy atom. The van der Waals surface area contributed by atoms with Crippen molar-refractivity contribution >= 4 is 13.9 Å². The van der Waals surface area contributed by atoms with Gasteiger partial charge in [-0.1, -0.05) is 71.7 Å². The summed E-state index contributed by atoms with van der Waals surface area (Å²) in [6, 6.07) is 19.6. The molecule has 1 aliphatic heterocycles. The Hall–Kier alpha value is -2.62. The smallest absolute Gasteiger partial charge is 0.166 e. The van der Waals surface area contributed by atoms with E-state index in [0.717, 1.165) is 67.1 Å². The van der Waals surface area contributed by atoms with Crippen molar-refractivity contribution < 1.29 is 18.6 Å². The minimum atomic E-state index is -0.211. The number of halogens is 1. The second kappa shape index (κ2) is 14.1. The lowest BCUT2D eigenvalue weighted by atomic mass is 9.89. The first-order valence-corrected chi connectivity index (χ1v) is 15.2. The van der Waals surface area contributed by atoms with Crippen molar-refractivity contribution in [2.45, 2.75) is 70.7 Å². The van der Waals surface area contributed by atoms with E-state index in [4.69, 9.17) is 14.2 Å². The summed E-state index contributed by atoms with van der Waals surface area (Å²) in [5, 5.41) is 1.02. The second-order valence-corrected chi connectivity index (χ2v) is 12.2. The van der Waals surface area contributed by atoms with Crippen molar-refractivity contribution in [1.82, 2.24) is 4.90 Å². The Morgan fingerprint density at radius 2 is 1.69 bits per heavy atom. The van der Waals surface area contributed by atoms with Crippen molar-refractivity contribution in [3.63, 3.8) is 0 Å². The molecule has 2 atom stereocenters. The van der Waals surface area contributed by atoms with E-state index in [-0.39, 0.29) is 11.0 Å². The van der Waals surface area contributed by atoms with Crippen LogP contribution in [0.15, 0.2) is 60.7 Å². The molecule has 0 N–H and O–H groups in total. The molecule has 1 saturated heterocycles. The molecule has 0 bridgehead atoms. The van der Waals surface area contributed by atoms with Crippen LogP contribution in [-0.2, 0) is 18.3 Å². The van der Waals surface area contributed by atoms with E-state index < -0.39 is 0 Å². The van der Waals surface area contributed by atoms with Crippen molar-refractivity contribution in [1.29, 1.82) is 0 Å². The molecule has 0 radical (unpaired) electrons. The van der Waals surface area contributed by atoms with Gasteiger partial charge in [0.25, 0.3) is 0 Å². The SMILES string of the molecule is CCCC(CC)(Pc1ccc(F)cc1CN1CCCCC1)c1cc(OC)cc(OC)c1OCc1ccccc1. The van der Waals surface area contributed by atoms with Crippen molar-refractivity contribution in [3.8, 4) is 17.2 Å². The van der Waals surface area contributed by atoms with Crippen LogP contribution < -0.4 is 19.5 Å². The van der Waals surface area contributed by atoms with E-state index in [0.29, 0.717) is 20.9 Å². The minimum Gasteiger partial charge on any atom is -0.497 e. The van der Waals surface area contributed by atoms with Crippen LogP contribution >= 0.6 is 8.58 Å². The normalized spacial score (nSPS) is 15.8. The molecule has 0 aromatic heterocycles. The molecule has 4 nitrogen and oxygen atoms in total. The van der Waals surface area contributed by atoms with Crippen LogP contribution in [0.2, 0.25) is 0 Å².